The van der Waals surface area contributed by atoms with Gasteiger partial charge < -0.3 is 9.94 Å². The van der Waals surface area contributed by atoms with Gasteiger partial charge in [-0.25, -0.2) is 0 Å². The van der Waals surface area contributed by atoms with Gasteiger partial charge in [-0.3, -0.25) is 20.2 Å². The van der Waals surface area contributed by atoms with Crippen molar-refractivity contribution in [2.24, 2.45) is 11.1 Å². The Kier molecular flexibility index (Phi) is 6.06. The summed E-state index contributed by atoms with van der Waals surface area (Å²) < 4.78 is 0. The molecule has 1 saturated carbocycles. The highest BCUT2D eigenvalue weighted by molar-refractivity contribution is 5.85. The number of benzene rings is 2. The minimum atomic E-state index is -0.733. The number of phenols is 1. The van der Waals surface area contributed by atoms with Crippen molar-refractivity contribution < 1.29 is 19.8 Å². The number of oxime groups is 1. The van der Waals surface area contributed by atoms with Crippen LogP contribution in [0.3, 0.4) is 0 Å². The number of hydrogen-bond acceptors (Lipinski definition) is 7. The van der Waals surface area contributed by atoms with E-state index < -0.39 is 15.5 Å². The molecule has 0 radical (unpaired) electrons. The van der Waals surface area contributed by atoms with E-state index in [2.05, 4.69) is 5.16 Å². The van der Waals surface area contributed by atoms with Crippen LogP contribution in [0.15, 0.2) is 47.6 Å². The van der Waals surface area contributed by atoms with Crippen molar-refractivity contribution in [3.63, 3.8) is 0 Å². The predicted octanol–water partition coefficient (Wildman–Crippen LogP) is 4.94. The highest BCUT2D eigenvalue weighted by atomic mass is 16.7. The molecule has 0 unspecified atom stereocenters. The molecule has 1 fully saturated rings. The Morgan fingerprint density at radius 1 is 1.10 bits per heavy atom. The second-order valence-corrected chi connectivity index (χ2v) is 7.08. The third-order valence-corrected chi connectivity index (χ3v) is 5.24. The molecule has 2 aromatic carbocycles. The van der Waals surface area contributed by atoms with Gasteiger partial charge in [-0.2, -0.15) is 0 Å². The molecule has 1 aliphatic rings. The molecule has 0 bridgehead atoms. The zero-order chi connectivity index (χ0) is 21.0. The summed E-state index contributed by atoms with van der Waals surface area (Å²) in [6.07, 6.45) is 3.93. The van der Waals surface area contributed by atoms with Gasteiger partial charge in [-0.05, 0) is 49.4 Å². The monoisotopic (exact) mass is 399 g/mol. The number of aromatic hydroxyl groups is 1. The van der Waals surface area contributed by atoms with Gasteiger partial charge in [0.2, 0.25) is 5.75 Å². The highest BCUT2D eigenvalue weighted by Gasteiger charge is 2.29. The fourth-order valence-electron chi connectivity index (χ4n) is 3.81. The summed E-state index contributed by atoms with van der Waals surface area (Å²) in [5.41, 5.74) is 0.807. The van der Waals surface area contributed by atoms with Crippen LogP contribution in [-0.2, 0) is 0 Å². The second kappa shape index (κ2) is 8.68. The molecule has 2 aromatic rings. The minimum Gasteiger partial charge on any atom is -0.508 e. The van der Waals surface area contributed by atoms with Crippen molar-refractivity contribution in [1.82, 2.24) is 0 Å². The van der Waals surface area contributed by atoms with E-state index in [0.717, 1.165) is 43.4 Å². The molecule has 9 heteroatoms. The van der Waals surface area contributed by atoms with Crippen molar-refractivity contribution in [3.8, 4) is 11.5 Å². The lowest BCUT2D eigenvalue weighted by molar-refractivity contribution is -0.394. The third kappa shape index (κ3) is 4.68. The SMILES string of the molecule is C/C(=N\Oc1ccc([N+](=O)[O-])cc1[N+](=O)[O-])[C@@H]1CCCC[C@@H]1c1cccc(O)c1. The van der Waals surface area contributed by atoms with Crippen molar-refractivity contribution in [2.45, 2.75) is 38.5 Å². The molecule has 0 aromatic heterocycles. The normalized spacial score (nSPS) is 19.6. The molecular weight excluding hydrogens is 378 g/mol. The van der Waals surface area contributed by atoms with E-state index in [0.29, 0.717) is 5.71 Å². The van der Waals surface area contributed by atoms with Gasteiger partial charge in [0, 0.05) is 12.0 Å². The van der Waals surface area contributed by atoms with E-state index in [-0.39, 0.29) is 29.0 Å². The molecule has 0 aliphatic heterocycles. The molecule has 1 N–H and O–H groups in total. The molecule has 0 spiro atoms. The Hall–Kier alpha value is -3.49. The Labute approximate surface area is 166 Å². The standard InChI is InChI=1S/C20H21N3O6/c1-13(17-7-2-3-8-18(17)14-5-4-6-16(24)11-14)21-29-20-10-9-15(22(25)26)12-19(20)23(27)28/h4-6,9-12,17-18,24H,2-3,7-8H2,1H3/b21-13+/t17-,18+/m0/s1. The zero-order valence-electron chi connectivity index (χ0n) is 15.9. The van der Waals surface area contributed by atoms with Crippen molar-refractivity contribution in [3.05, 3.63) is 68.3 Å². The van der Waals surface area contributed by atoms with Crippen LogP contribution in [0.1, 0.15) is 44.1 Å². The average molecular weight is 399 g/mol. The smallest absolute Gasteiger partial charge is 0.321 e. The molecule has 152 valence electrons. The molecular formula is C20H21N3O6. The maximum atomic E-state index is 11.2. The molecule has 29 heavy (non-hydrogen) atoms. The predicted molar refractivity (Wildman–Crippen MR) is 106 cm³/mol. The van der Waals surface area contributed by atoms with Gasteiger partial charge in [0.1, 0.15) is 5.75 Å². The van der Waals surface area contributed by atoms with Crippen molar-refractivity contribution >= 4 is 17.1 Å². The van der Waals surface area contributed by atoms with E-state index in [9.17, 15) is 25.3 Å². The largest absolute Gasteiger partial charge is 0.508 e. The number of hydrogen-bond donors (Lipinski definition) is 1. The summed E-state index contributed by atoms with van der Waals surface area (Å²) >= 11 is 0. The number of rotatable bonds is 6. The van der Waals surface area contributed by atoms with Crippen LogP contribution in [0.4, 0.5) is 11.4 Å². The van der Waals surface area contributed by atoms with Crippen LogP contribution < -0.4 is 4.84 Å². The first-order chi connectivity index (χ1) is 13.9. The minimum absolute atomic E-state index is 0.0719. The Balaban J connectivity index is 1.84. The molecule has 3 rings (SSSR count). The number of non-ortho nitro benzene ring substituents is 1. The average Bonchev–Trinajstić information content (AvgIpc) is 2.71. The lowest BCUT2D eigenvalue weighted by Gasteiger charge is -2.31. The number of phenolic OH excluding ortho intramolecular Hbond substituents is 1. The van der Waals surface area contributed by atoms with Crippen molar-refractivity contribution in [1.29, 1.82) is 0 Å². The summed E-state index contributed by atoms with van der Waals surface area (Å²) in [6, 6.07) is 10.3. The first-order valence-corrected chi connectivity index (χ1v) is 9.30. The number of nitrogens with zero attached hydrogens (tertiary/aromatic N) is 3. The Bertz CT molecular complexity index is 959. The molecule has 2 atom stereocenters. The highest BCUT2D eigenvalue weighted by Crippen LogP contribution is 2.40. The summed E-state index contributed by atoms with van der Waals surface area (Å²) in [5.74, 6) is 0.293. The lowest BCUT2D eigenvalue weighted by Crippen LogP contribution is -2.24. The summed E-state index contributed by atoms with van der Waals surface area (Å²) in [5, 5.41) is 36.0. The van der Waals surface area contributed by atoms with Gasteiger partial charge in [-0.1, -0.05) is 30.1 Å². The van der Waals surface area contributed by atoms with Gasteiger partial charge in [-0.15, -0.1) is 0 Å². The van der Waals surface area contributed by atoms with Crippen LogP contribution in [0.2, 0.25) is 0 Å². The molecule has 9 nitrogen and oxygen atoms in total. The quantitative estimate of drug-likeness (QED) is 0.416. The van der Waals surface area contributed by atoms with E-state index in [1.807, 2.05) is 13.0 Å². The molecule has 0 amide bonds. The van der Waals surface area contributed by atoms with E-state index >= 15 is 0 Å². The van der Waals surface area contributed by atoms with E-state index in [1.54, 1.807) is 18.2 Å². The number of nitro benzene ring substituents is 2. The fraction of sp³-hybridized carbons (Fsp3) is 0.350. The van der Waals surface area contributed by atoms with Gasteiger partial charge in [0.25, 0.3) is 5.69 Å². The topological polar surface area (TPSA) is 128 Å². The Morgan fingerprint density at radius 2 is 1.86 bits per heavy atom. The van der Waals surface area contributed by atoms with Crippen LogP contribution in [0, 0.1) is 26.1 Å². The van der Waals surface area contributed by atoms with E-state index in [1.165, 1.54) is 6.07 Å². The van der Waals surface area contributed by atoms with Gasteiger partial charge >= 0.3 is 5.69 Å². The van der Waals surface area contributed by atoms with Crippen LogP contribution in [0.5, 0.6) is 11.5 Å². The summed E-state index contributed by atoms with van der Waals surface area (Å²) in [7, 11) is 0. The maximum Gasteiger partial charge on any atom is 0.321 e. The lowest BCUT2D eigenvalue weighted by atomic mass is 9.73. The fourth-order valence-corrected chi connectivity index (χ4v) is 3.81. The first kappa shape index (κ1) is 20.2. The Morgan fingerprint density at radius 3 is 2.55 bits per heavy atom. The third-order valence-electron chi connectivity index (χ3n) is 5.24. The second-order valence-electron chi connectivity index (χ2n) is 7.08. The van der Waals surface area contributed by atoms with Crippen LogP contribution in [0.25, 0.3) is 0 Å². The van der Waals surface area contributed by atoms with Gasteiger partial charge in [0.15, 0.2) is 0 Å². The first-order valence-electron chi connectivity index (χ1n) is 9.30. The summed E-state index contributed by atoms with van der Waals surface area (Å²) in [6.45, 7) is 1.81. The maximum absolute atomic E-state index is 11.2. The molecule has 0 saturated heterocycles. The van der Waals surface area contributed by atoms with E-state index in [4.69, 9.17) is 4.84 Å². The van der Waals surface area contributed by atoms with Crippen LogP contribution in [-0.4, -0.2) is 20.7 Å². The summed E-state index contributed by atoms with van der Waals surface area (Å²) in [4.78, 5) is 26.0. The van der Waals surface area contributed by atoms with Crippen molar-refractivity contribution in [2.75, 3.05) is 0 Å². The number of nitro groups is 2. The zero-order valence-corrected chi connectivity index (χ0v) is 15.9. The molecule has 1 aliphatic carbocycles. The van der Waals surface area contributed by atoms with Gasteiger partial charge in [0.05, 0.1) is 21.6 Å². The van der Waals surface area contributed by atoms with Crippen LogP contribution >= 0.6 is 0 Å². The molecule has 0 heterocycles.